The van der Waals surface area contributed by atoms with Crippen LogP contribution in [0.25, 0.3) is 0 Å². The van der Waals surface area contributed by atoms with Crippen molar-refractivity contribution in [2.45, 2.75) is 39.2 Å². The number of rotatable bonds is 8. The first-order valence-corrected chi connectivity index (χ1v) is 6.62. The molecule has 0 radical (unpaired) electrons. The van der Waals surface area contributed by atoms with Gasteiger partial charge in [-0.1, -0.05) is 6.07 Å². The van der Waals surface area contributed by atoms with E-state index in [4.69, 9.17) is 9.84 Å². The van der Waals surface area contributed by atoms with Crippen molar-refractivity contribution in [2.75, 3.05) is 6.54 Å². The van der Waals surface area contributed by atoms with Crippen LogP contribution in [0.15, 0.2) is 18.2 Å². The molecule has 0 aliphatic carbocycles. The summed E-state index contributed by atoms with van der Waals surface area (Å²) in [6.07, 6.45) is 1.28. The molecule has 0 saturated carbocycles. The van der Waals surface area contributed by atoms with Crippen LogP contribution in [-0.2, 0) is 4.79 Å². The second-order valence-electron chi connectivity index (χ2n) is 4.63. The molecule has 0 spiro atoms. The Kier molecular flexibility index (Phi) is 6.49. The summed E-state index contributed by atoms with van der Waals surface area (Å²) in [5.41, 5.74) is 0.293. The fraction of sp³-hybridized carbons (Fsp3) is 0.500. The second-order valence-corrected chi connectivity index (χ2v) is 4.63. The smallest absolute Gasteiger partial charge is 0.303 e. The maximum absolute atomic E-state index is 11.8. The Hall–Kier alpha value is -2.11. The Bertz CT molecular complexity index is 460. The third kappa shape index (κ3) is 6.17. The Morgan fingerprint density at radius 3 is 2.75 bits per heavy atom. The quantitative estimate of drug-likeness (QED) is 0.709. The van der Waals surface area contributed by atoms with Gasteiger partial charge in [0, 0.05) is 19.0 Å². The van der Waals surface area contributed by atoms with Gasteiger partial charge in [-0.3, -0.25) is 9.59 Å². The number of unbranched alkanes of at least 4 members (excludes halogenated alkanes) is 1. The average Bonchev–Trinajstić information content (AvgIpc) is 2.37. The highest BCUT2D eigenvalue weighted by atomic mass is 16.5. The maximum Gasteiger partial charge on any atom is 0.303 e. The lowest BCUT2D eigenvalue weighted by Gasteiger charge is -2.09. The minimum atomic E-state index is -0.823. The lowest BCUT2D eigenvalue weighted by atomic mass is 10.2. The van der Waals surface area contributed by atoms with Crippen molar-refractivity contribution in [1.82, 2.24) is 10.3 Å². The van der Waals surface area contributed by atoms with Crippen molar-refractivity contribution in [3.05, 3.63) is 23.9 Å². The van der Waals surface area contributed by atoms with Gasteiger partial charge in [-0.05, 0) is 32.8 Å². The van der Waals surface area contributed by atoms with Crippen LogP contribution in [0.4, 0.5) is 0 Å². The van der Waals surface area contributed by atoms with E-state index in [0.717, 1.165) is 0 Å². The van der Waals surface area contributed by atoms with Gasteiger partial charge in [0.25, 0.3) is 5.91 Å². The van der Waals surface area contributed by atoms with E-state index in [1.807, 2.05) is 13.8 Å². The first kappa shape index (κ1) is 15.9. The van der Waals surface area contributed by atoms with E-state index < -0.39 is 5.97 Å². The summed E-state index contributed by atoms with van der Waals surface area (Å²) >= 11 is 0. The van der Waals surface area contributed by atoms with Crippen LogP contribution in [0.3, 0.4) is 0 Å². The van der Waals surface area contributed by atoms with Gasteiger partial charge in [0.1, 0.15) is 5.69 Å². The Labute approximate surface area is 118 Å². The second kappa shape index (κ2) is 8.14. The molecule has 0 aromatic carbocycles. The number of ether oxygens (including phenoxy) is 1. The molecule has 1 heterocycles. The molecular weight excluding hydrogens is 260 g/mol. The van der Waals surface area contributed by atoms with Crippen LogP contribution in [-0.4, -0.2) is 34.6 Å². The standard InChI is InChI=1S/C14H20N2O4/c1-10(2)20-12-7-5-6-11(16-12)14(19)15-9-4-3-8-13(17)18/h5-7,10H,3-4,8-9H2,1-2H3,(H,15,19)(H,17,18). The third-order valence-electron chi connectivity index (χ3n) is 2.42. The molecule has 0 aliphatic rings. The molecular formula is C14H20N2O4. The first-order valence-electron chi connectivity index (χ1n) is 6.62. The number of carboxylic acid groups (broad SMARTS) is 1. The summed E-state index contributed by atoms with van der Waals surface area (Å²) in [6.45, 7) is 4.21. The molecule has 1 aromatic heterocycles. The summed E-state index contributed by atoms with van der Waals surface area (Å²) in [7, 11) is 0. The number of nitrogens with one attached hydrogen (secondary N) is 1. The Morgan fingerprint density at radius 2 is 2.10 bits per heavy atom. The van der Waals surface area contributed by atoms with Gasteiger partial charge < -0.3 is 15.2 Å². The molecule has 2 N–H and O–H groups in total. The lowest BCUT2D eigenvalue weighted by Crippen LogP contribution is -2.25. The number of carboxylic acids is 1. The first-order chi connectivity index (χ1) is 9.49. The molecule has 1 aromatic rings. The number of hydrogen-bond donors (Lipinski definition) is 2. The third-order valence-corrected chi connectivity index (χ3v) is 2.42. The molecule has 110 valence electrons. The number of nitrogens with zero attached hydrogens (tertiary/aromatic N) is 1. The number of hydrogen-bond acceptors (Lipinski definition) is 4. The molecule has 1 amide bonds. The number of carbonyl (C=O) groups is 2. The van der Waals surface area contributed by atoms with Crippen molar-refractivity contribution in [1.29, 1.82) is 0 Å². The summed E-state index contributed by atoms with van der Waals surface area (Å²) < 4.78 is 5.42. The van der Waals surface area contributed by atoms with E-state index in [1.165, 1.54) is 0 Å². The topological polar surface area (TPSA) is 88.5 Å². The Morgan fingerprint density at radius 1 is 1.35 bits per heavy atom. The summed E-state index contributed by atoms with van der Waals surface area (Å²) in [6, 6.07) is 5.02. The summed E-state index contributed by atoms with van der Waals surface area (Å²) in [5.74, 6) is -0.690. The van der Waals surface area contributed by atoms with Crippen molar-refractivity contribution in [2.24, 2.45) is 0 Å². The van der Waals surface area contributed by atoms with Crippen LogP contribution in [0, 0.1) is 0 Å². The van der Waals surface area contributed by atoms with Crippen molar-refractivity contribution in [3.8, 4) is 5.88 Å². The molecule has 0 aliphatic heterocycles. The van der Waals surface area contributed by atoms with Gasteiger partial charge in [0.05, 0.1) is 6.10 Å². The average molecular weight is 280 g/mol. The number of pyridine rings is 1. The van der Waals surface area contributed by atoms with Gasteiger partial charge in [-0.25, -0.2) is 4.98 Å². The van der Waals surface area contributed by atoms with Gasteiger partial charge in [0.15, 0.2) is 0 Å². The van der Waals surface area contributed by atoms with E-state index in [-0.39, 0.29) is 18.4 Å². The molecule has 0 atom stereocenters. The monoisotopic (exact) mass is 280 g/mol. The molecule has 6 heteroatoms. The summed E-state index contributed by atoms with van der Waals surface area (Å²) in [4.78, 5) is 26.3. The molecule has 0 fully saturated rings. The van der Waals surface area contributed by atoms with Crippen LogP contribution in [0.2, 0.25) is 0 Å². The highest BCUT2D eigenvalue weighted by molar-refractivity contribution is 5.92. The molecule has 6 nitrogen and oxygen atoms in total. The van der Waals surface area contributed by atoms with E-state index in [1.54, 1.807) is 18.2 Å². The highest BCUT2D eigenvalue weighted by Gasteiger charge is 2.08. The van der Waals surface area contributed by atoms with Crippen LogP contribution in [0.5, 0.6) is 5.88 Å². The van der Waals surface area contributed by atoms with Crippen LogP contribution >= 0.6 is 0 Å². The van der Waals surface area contributed by atoms with E-state index in [2.05, 4.69) is 10.3 Å². The van der Waals surface area contributed by atoms with Crippen molar-refractivity contribution >= 4 is 11.9 Å². The number of aromatic nitrogens is 1. The van der Waals surface area contributed by atoms with Gasteiger partial charge in [0.2, 0.25) is 5.88 Å². The molecule has 1 rings (SSSR count). The van der Waals surface area contributed by atoms with Crippen LogP contribution < -0.4 is 10.1 Å². The largest absolute Gasteiger partial charge is 0.481 e. The zero-order valence-electron chi connectivity index (χ0n) is 11.8. The zero-order valence-corrected chi connectivity index (χ0v) is 11.8. The lowest BCUT2D eigenvalue weighted by molar-refractivity contribution is -0.137. The maximum atomic E-state index is 11.8. The zero-order chi connectivity index (χ0) is 15.0. The number of aliphatic carboxylic acids is 1. The minimum Gasteiger partial charge on any atom is -0.481 e. The summed E-state index contributed by atoms with van der Waals surface area (Å²) in [5, 5.41) is 11.2. The molecule has 20 heavy (non-hydrogen) atoms. The van der Waals surface area contributed by atoms with Gasteiger partial charge in [-0.15, -0.1) is 0 Å². The minimum absolute atomic E-state index is 0.00294. The molecule has 0 bridgehead atoms. The molecule has 0 saturated heterocycles. The van der Waals surface area contributed by atoms with E-state index in [0.29, 0.717) is 31.0 Å². The normalized spacial score (nSPS) is 10.3. The van der Waals surface area contributed by atoms with Gasteiger partial charge in [-0.2, -0.15) is 0 Å². The van der Waals surface area contributed by atoms with Crippen molar-refractivity contribution < 1.29 is 19.4 Å². The number of carbonyl (C=O) groups excluding carboxylic acids is 1. The van der Waals surface area contributed by atoms with Gasteiger partial charge >= 0.3 is 5.97 Å². The van der Waals surface area contributed by atoms with E-state index >= 15 is 0 Å². The fourth-order valence-corrected chi connectivity index (χ4v) is 1.54. The molecule has 0 unspecified atom stereocenters. The fourth-order valence-electron chi connectivity index (χ4n) is 1.54. The van der Waals surface area contributed by atoms with Crippen LogP contribution in [0.1, 0.15) is 43.6 Å². The van der Waals surface area contributed by atoms with E-state index in [9.17, 15) is 9.59 Å². The predicted octanol–water partition coefficient (Wildman–Crippen LogP) is 1.85. The SMILES string of the molecule is CC(C)Oc1cccc(C(=O)NCCCCC(=O)O)n1. The predicted molar refractivity (Wildman–Crippen MR) is 73.8 cm³/mol. The Balaban J connectivity index is 2.41. The highest BCUT2D eigenvalue weighted by Crippen LogP contribution is 2.09. The number of amides is 1. The van der Waals surface area contributed by atoms with Crippen molar-refractivity contribution in [3.63, 3.8) is 0 Å².